The van der Waals surface area contributed by atoms with Gasteiger partial charge in [0.25, 0.3) is 0 Å². The van der Waals surface area contributed by atoms with E-state index in [-0.39, 0.29) is 6.61 Å². The normalized spacial score (nSPS) is 18.5. The molecule has 0 aromatic heterocycles. The van der Waals surface area contributed by atoms with Crippen LogP contribution in [0.4, 0.5) is 0 Å². The predicted molar refractivity (Wildman–Crippen MR) is 44.2 cm³/mol. The van der Waals surface area contributed by atoms with Crippen molar-refractivity contribution in [3.05, 3.63) is 11.8 Å². The molecule has 1 rings (SSSR count). The third-order valence-electron chi connectivity index (χ3n) is 1.84. The molecular weight excluding hydrogens is 140 g/mol. The van der Waals surface area contributed by atoms with E-state index in [0.29, 0.717) is 0 Å². The summed E-state index contributed by atoms with van der Waals surface area (Å²) in [6.45, 7) is 1.12. The molecule has 0 unspecified atom stereocenters. The van der Waals surface area contributed by atoms with Gasteiger partial charge in [-0.1, -0.05) is 0 Å². The van der Waals surface area contributed by atoms with E-state index < -0.39 is 0 Å². The summed E-state index contributed by atoms with van der Waals surface area (Å²) in [5.41, 5.74) is 0. The topological polar surface area (TPSA) is 29.5 Å². The zero-order chi connectivity index (χ0) is 7.94. The van der Waals surface area contributed by atoms with E-state index in [4.69, 9.17) is 9.84 Å². The molecule has 0 spiro atoms. The second-order valence-electron chi connectivity index (χ2n) is 2.84. The second-order valence-corrected chi connectivity index (χ2v) is 2.84. The van der Waals surface area contributed by atoms with Gasteiger partial charge in [0.2, 0.25) is 0 Å². The van der Waals surface area contributed by atoms with E-state index in [1.807, 2.05) is 0 Å². The van der Waals surface area contributed by atoms with Gasteiger partial charge in [-0.25, -0.2) is 0 Å². The summed E-state index contributed by atoms with van der Waals surface area (Å²) in [6, 6.07) is 0. The Bertz CT molecular complexity index is 130. The number of aliphatic hydroxyl groups is 1. The lowest BCUT2D eigenvalue weighted by Crippen LogP contribution is -1.93. The van der Waals surface area contributed by atoms with Gasteiger partial charge in [-0.3, -0.25) is 0 Å². The van der Waals surface area contributed by atoms with Crippen LogP contribution in [0, 0.1) is 0 Å². The van der Waals surface area contributed by atoms with Crippen molar-refractivity contribution in [3.8, 4) is 0 Å². The molecule has 1 aliphatic heterocycles. The summed E-state index contributed by atoms with van der Waals surface area (Å²) in [7, 11) is 0. The summed E-state index contributed by atoms with van der Waals surface area (Å²) in [5, 5.41) is 8.58. The molecule has 0 aliphatic carbocycles. The highest BCUT2D eigenvalue weighted by Gasteiger charge is 2.01. The maximum absolute atomic E-state index is 8.58. The maximum Gasteiger partial charge on any atom is 0.0920 e. The summed E-state index contributed by atoms with van der Waals surface area (Å²) >= 11 is 0. The molecule has 1 heterocycles. The fraction of sp³-hybridized carbons (Fsp3) is 0.778. The van der Waals surface area contributed by atoms with Crippen LogP contribution >= 0.6 is 0 Å². The Morgan fingerprint density at radius 2 is 2.36 bits per heavy atom. The van der Waals surface area contributed by atoms with Gasteiger partial charge in [0.15, 0.2) is 0 Å². The van der Waals surface area contributed by atoms with Gasteiger partial charge in [-0.2, -0.15) is 0 Å². The number of rotatable bonds is 3. The van der Waals surface area contributed by atoms with Crippen LogP contribution in [-0.2, 0) is 4.74 Å². The van der Waals surface area contributed by atoms with Crippen molar-refractivity contribution in [1.82, 2.24) is 0 Å². The van der Waals surface area contributed by atoms with E-state index in [9.17, 15) is 0 Å². The maximum atomic E-state index is 8.58. The lowest BCUT2D eigenvalue weighted by molar-refractivity contribution is 0.194. The molecule has 1 N–H and O–H groups in total. The van der Waals surface area contributed by atoms with Crippen molar-refractivity contribution in [3.63, 3.8) is 0 Å². The minimum Gasteiger partial charge on any atom is -0.498 e. The molecule has 2 nitrogen and oxygen atoms in total. The third-order valence-corrected chi connectivity index (χ3v) is 1.84. The van der Waals surface area contributed by atoms with Crippen LogP contribution in [0.1, 0.15) is 32.1 Å². The molecule has 0 fully saturated rings. The van der Waals surface area contributed by atoms with Crippen LogP contribution in [0.3, 0.4) is 0 Å². The van der Waals surface area contributed by atoms with Crippen molar-refractivity contribution in [1.29, 1.82) is 0 Å². The molecule has 11 heavy (non-hydrogen) atoms. The molecule has 0 aromatic carbocycles. The van der Waals surface area contributed by atoms with E-state index in [1.54, 1.807) is 0 Å². The van der Waals surface area contributed by atoms with Gasteiger partial charge in [0.05, 0.1) is 12.4 Å². The molecule has 1 aliphatic rings. The van der Waals surface area contributed by atoms with Gasteiger partial charge in [0, 0.05) is 13.0 Å². The van der Waals surface area contributed by atoms with Crippen LogP contribution < -0.4 is 0 Å². The predicted octanol–water partition coefficient (Wildman–Crippen LogP) is 1.84. The minimum atomic E-state index is 0.265. The van der Waals surface area contributed by atoms with Crippen LogP contribution in [0.15, 0.2) is 11.8 Å². The Labute approximate surface area is 67.9 Å². The van der Waals surface area contributed by atoms with Crippen LogP contribution in [0.2, 0.25) is 0 Å². The minimum absolute atomic E-state index is 0.265. The average Bonchev–Trinajstić information content (AvgIpc) is 2.28. The fourth-order valence-corrected chi connectivity index (χ4v) is 1.20. The van der Waals surface area contributed by atoms with Crippen LogP contribution in [0.5, 0.6) is 0 Å². The number of hydrogen-bond acceptors (Lipinski definition) is 2. The summed E-state index contributed by atoms with van der Waals surface area (Å²) in [5.74, 6) is 1.08. The quantitative estimate of drug-likeness (QED) is 0.675. The molecule has 0 atom stereocenters. The standard InChI is InChI=1S/C9H16O2/c10-7-4-6-9-5-2-1-3-8-11-9/h5,10H,1-4,6-8H2. The zero-order valence-corrected chi connectivity index (χ0v) is 6.88. The zero-order valence-electron chi connectivity index (χ0n) is 6.88. The monoisotopic (exact) mass is 156 g/mol. The first-order valence-corrected chi connectivity index (χ1v) is 4.36. The first kappa shape index (κ1) is 8.60. The first-order chi connectivity index (χ1) is 5.43. The summed E-state index contributed by atoms with van der Waals surface area (Å²) < 4.78 is 5.46. The molecule has 0 radical (unpaired) electrons. The van der Waals surface area contributed by atoms with Crippen molar-refractivity contribution in [2.24, 2.45) is 0 Å². The number of hydrogen-bond donors (Lipinski definition) is 1. The van der Waals surface area contributed by atoms with E-state index >= 15 is 0 Å². The van der Waals surface area contributed by atoms with Gasteiger partial charge in [0.1, 0.15) is 0 Å². The van der Waals surface area contributed by atoms with E-state index in [0.717, 1.165) is 31.6 Å². The summed E-state index contributed by atoms with van der Waals surface area (Å²) in [6.07, 6.45) is 7.42. The van der Waals surface area contributed by atoms with Crippen LogP contribution in [0.25, 0.3) is 0 Å². The van der Waals surface area contributed by atoms with Crippen LogP contribution in [-0.4, -0.2) is 18.3 Å². The largest absolute Gasteiger partial charge is 0.498 e. The van der Waals surface area contributed by atoms with Crippen molar-refractivity contribution < 1.29 is 9.84 Å². The Morgan fingerprint density at radius 1 is 1.45 bits per heavy atom. The van der Waals surface area contributed by atoms with Gasteiger partial charge < -0.3 is 9.84 Å². The summed E-state index contributed by atoms with van der Waals surface area (Å²) in [4.78, 5) is 0. The van der Waals surface area contributed by atoms with Crippen molar-refractivity contribution >= 4 is 0 Å². The van der Waals surface area contributed by atoms with Gasteiger partial charge in [-0.05, 0) is 31.8 Å². The highest BCUT2D eigenvalue weighted by molar-refractivity contribution is 4.94. The molecule has 0 aromatic rings. The van der Waals surface area contributed by atoms with E-state index in [2.05, 4.69) is 6.08 Å². The molecule has 0 bridgehead atoms. The lowest BCUT2D eigenvalue weighted by atomic mass is 10.2. The number of allylic oxidation sites excluding steroid dienone is 2. The highest BCUT2D eigenvalue weighted by Crippen LogP contribution is 2.14. The SMILES string of the molecule is OCCCC1=CCCCCO1. The Hall–Kier alpha value is -0.500. The van der Waals surface area contributed by atoms with Gasteiger partial charge in [-0.15, -0.1) is 0 Å². The lowest BCUT2D eigenvalue weighted by Gasteiger charge is -2.05. The smallest absolute Gasteiger partial charge is 0.0920 e. The Morgan fingerprint density at radius 3 is 3.18 bits per heavy atom. The van der Waals surface area contributed by atoms with Crippen molar-refractivity contribution in [2.75, 3.05) is 13.2 Å². The Balaban J connectivity index is 2.23. The molecule has 0 amide bonds. The molecule has 0 saturated carbocycles. The number of aliphatic hydroxyl groups excluding tert-OH is 1. The van der Waals surface area contributed by atoms with Gasteiger partial charge >= 0.3 is 0 Å². The molecule has 64 valence electrons. The molecular formula is C9H16O2. The average molecular weight is 156 g/mol. The fourth-order valence-electron chi connectivity index (χ4n) is 1.20. The molecule has 2 heteroatoms. The second kappa shape index (κ2) is 5.19. The molecule has 0 saturated heterocycles. The third kappa shape index (κ3) is 3.42. The Kier molecular flexibility index (Phi) is 4.06. The van der Waals surface area contributed by atoms with E-state index in [1.165, 1.54) is 12.8 Å². The number of ether oxygens (including phenoxy) is 1. The first-order valence-electron chi connectivity index (χ1n) is 4.36. The van der Waals surface area contributed by atoms with Crippen molar-refractivity contribution in [2.45, 2.75) is 32.1 Å². The highest BCUT2D eigenvalue weighted by atomic mass is 16.5.